The van der Waals surface area contributed by atoms with E-state index in [1.165, 1.54) is 4.31 Å². The van der Waals surface area contributed by atoms with Gasteiger partial charge in [0.2, 0.25) is 5.89 Å². The lowest BCUT2D eigenvalue weighted by atomic mass is 10.4. The maximum Gasteiger partial charge on any atom is 0.279 e. The van der Waals surface area contributed by atoms with Gasteiger partial charge in [-0.15, -0.1) is 0 Å². The molecule has 0 aliphatic rings. The number of rotatable bonds is 9. The van der Waals surface area contributed by atoms with E-state index in [9.17, 15) is 8.42 Å². The van der Waals surface area contributed by atoms with Crippen molar-refractivity contribution in [1.82, 2.24) is 19.3 Å². The first kappa shape index (κ1) is 17.1. The van der Waals surface area contributed by atoms with E-state index in [1.54, 1.807) is 27.1 Å². The third-order valence-electron chi connectivity index (χ3n) is 2.82. The lowest BCUT2D eigenvalue weighted by molar-refractivity contribution is 0.406. The lowest BCUT2D eigenvalue weighted by Crippen LogP contribution is -2.40. The average molecular weight is 304 g/mol. The molecule has 0 amide bonds. The van der Waals surface area contributed by atoms with Crippen LogP contribution in [0.15, 0.2) is 10.6 Å². The zero-order chi connectivity index (χ0) is 15.2. The summed E-state index contributed by atoms with van der Waals surface area (Å²) in [4.78, 5) is 4.02. The lowest BCUT2D eigenvalue weighted by Gasteiger charge is -2.19. The Bertz CT molecular complexity index is 501. The van der Waals surface area contributed by atoms with E-state index in [0.29, 0.717) is 18.2 Å². The molecule has 1 rings (SSSR count). The van der Waals surface area contributed by atoms with E-state index in [-0.39, 0.29) is 0 Å². The maximum atomic E-state index is 12.1. The molecule has 116 valence electrons. The fourth-order valence-electron chi connectivity index (χ4n) is 1.66. The number of nitrogens with one attached hydrogen (secondary N) is 2. The van der Waals surface area contributed by atoms with Crippen LogP contribution >= 0.6 is 0 Å². The molecule has 2 N–H and O–H groups in total. The van der Waals surface area contributed by atoms with Gasteiger partial charge in [0.25, 0.3) is 10.2 Å². The smallest absolute Gasteiger partial charge is 0.279 e. The molecule has 0 saturated heterocycles. The molecule has 0 fully saturated rings. The quantitative estimate of drug-likeness (QED) is 0.659. The standard InChI is InChI=1S/C12H24N4O3S/c1-5-13-7-6-8-16(4)20(17,18)15-11(3)12-14-9-10(2)19-12/h9,11,13,15H,5-8H2,1-4H3. The number of nitrogens with zero attached hydrogens (tertiary/aromatic N) is 2. The van der Waals surface area contributed by atoms with Crippen LogP contribution in [0, 0.1) is 6.92 Å². The molecule has 8 heteroatoms. The van der Waals surface area contributed by atoms with Crippen LogP contribution in [0.4, 0.5) is 0 Å². The summed E-state index contributed by atoms with van der Waals surface area (Å²) in [5.41, 5.74) is 0. The van der Waals surface area contributed by atoms with Gasteiger partial charge in [0.1, 0.15) is 5.76 Å². The molecule has 1 unspecified atom stereocenters. The molecule has 0 radical (unpaired) electrons. The second-order valence-corrected chi connectivity index (χ2v) is 6.49. The molecule has 0 bridgehead atoms. The number of oxazole rings is 1. The van der Waals surface area contributed by atoms with E-state index < -0.39 is 16.3 Å². The first-order chi connectivity index (χ1) is 9.36. The summed E-state index contributed by atoms with van der Waals surface area (Å²) in [5.74, 6) is 1.03. The summed E-state index contributed by atoms with van der Waals surface area (Å²) in [6.07, 6.45) is 2.33. The first-order valence-corrected chi connectivity index (χ1v) is 8.17. The molecule has 1 heterocycles. The number of aromatic nitrogens is 1. The van der Waals surface area contributed by atoms with Gasteiger partial charge in [-0.2, -0.15) is 17.4 Å². The Morgan fingerprint density at radius 2 is 2.20 bits per heavy atom. The highest BCUT2D eigenvalue weighted by atomic mass is 32.2. The predicted octanol–water partition coefficient (Wildman–Crippen LogP) is 0.810. The van der Waals surface area contributed by atoms with Gasteiger partial charge in [-0.05, 0) is 33.4 Å². The fourth-order valence-corrected chi connectivity index (χ4v) is 2.76. The SMILES string of the molecule is CCNCCCN(C)S(=O)(=O)NC(C)c1ncc(C)o1. The van der Waals surface area contributed by atoms with Crippen LogP contribution in [0.2, 0.25) is 0 Å². The number of hydrogen-bond acceptors (Lipinski definition) is 5. The summed E-state index contributed by atoms with van der Waals surface area (Å²) in [7, 11) is -1.97. The zero-order valence-electron chi connectivity index (χ0n) is 12.5. The van der Waals surface area contributed by atoms with Gasteiger partial charge in [-0.25, -0.2) is 4.98 Å². The van der Waals surface area contributed by atoms with E-state index in [4.69, 9.17) is 4.42 Å². The van der Waals surface area contributed by atoms with Crippen molar-refractivity contribution in [2.24, 2.45) is 0 Å². The highest BCUT2D eigenvalue weighted by Gasteiger charge is 2.22. The normalized spacial score (nSPS) is 13.8. The fraction of sp³-hybridized carbons (Fsp3) is 0.750. The van der Waals surface area contributed by atoms with Gasteiger partial charge in [-0.1, -0.05) is 6.92 Å². The summed E-state index contributed by atoms with van der Waals surface area (Å²) < 4.78 is 33.4. The third-order valence-corrected chi connectivity index (χ3v) is 4.48. The number of hydrogen-bond donors (Lipinski definition) is 2. The van der Waals surface area contributed by atoms with Crippen LogP contribution in [0.5, 0.6) is 0 Å². The van der Waals surface area contributed by atoms with Crippen LogP contribution < -0.4 is 10.0 Å². The van der Waals surface area contributed by atoms with Gasteiger partial charge in [0.15, 0.2) is 0 Å². The molecule has 0 aromatic carbocycles. The molecule has 7 nitrogen and oxygen atoms in total. The molecule has 0 aliphatic heterocycles. The molecule has 0 aliphatic carbocycles. The summed E-state index contributed by atoms with van der Waals surface area (Å²) in [6.45, 7) is 7.63. The summed E-state index contributed by atoms with van der Waals surface area (Å²) >= 11 is 0. The Hall–Kier alpha value is -0.960. The van der Waals surface area contributed by atoms with Gasteiger partial charge in [-0.3, -0.25) is 0 Å². The molecule has 0 spiro atoms. The van der Waals surface area contributed by atoms with E-state index in [1.807, 2.05) is 6.92 Å². The van der Waals surface area contributed by atoms with Crippen molar-refractivity contribution in [1.29, 1.82) is 0 Å². The van der Waals surface area contributed by atoms with Gasteiger partial charge >= 0.3 is 0 Å². The molecule has 20 heavy (non-hydrogen) atoms. The molecule has 1 aromatic heterocycles. The Balaban J connectivity index is 2.51. The summed E-state index contributed by atoms with van der Waals surface area (Å²) in [5, 5.41) is 3.16. The van der Waals surface area contributed by atoms with Crippen molar-refractivity contribution in [3.63, 3.8) is 0 Å². The highest BCUT2D eigenvalue weighted by Crippen LogP contribution is 2.13. The van der Waals surface area contributed by atoms with E-state index in [2.05, 4.69) is 15.0 Å². The average Bonchev–Trinajstić information content (AvgIpc) is 2.80. The first-order valence-electron chi connectivity index (χ1n) is 6.73. The van der Waals surface area contributed by atoms with Crippen molar-refractivity contribution < 1.29 is 12.8 Å². The Morgan fingerprint density at radius 3 is 2.75 bits per heavy atom. The topological polar surface area (TPSA) is 87.5 Å². The van der Waals surface area contributed by atoms with Crippen molar-refractivity contribution in [2.45, 2.75) is 33.2 Å². The maximum absolute atomic E-state index is 12.1. The van der Waals surface area contributed by atoms with Crippen molar-refractivity contribution in [3.05, 3.63) is 17.8 Å². The largest absolute Gasteiger partial charge is 0.444 e. The molecule has 1 atom stereocenters. The third kappa shape index (κ3) is 5.20. The Kier molecular flexibility index (Phi) is 6.60. The van der Waals surface area contributed by atoms with Crippen LogP contribution in [-0.4, -0.2) is 44.4 Å². The summed E-state index contributed by atoms with van der Waals surface area (Å²) in [6, 6.07) is -0.495. The molecule has 1 aromatic rings. The van der Waals surface area contributed by atoms with E-state index >= 15 is 0 Å². The Labute approximate surface area is 120 Å². The van der Waals surface area contributed by atoms with Gasteiger partial charge in [0, 0.05) is 13.6 Å². The van der Waals surface area contributed by atoms with Crippen molar-refractivity contribution in [3.8, 4) is 0 Å². The second-order valence-electron chi connectivity index (χ2n) is 4.68. The molecule has 0 saturated carbocycles. The van der Waals surface area contributed by atoms with Crippen molar-refractivity contribution in [2.75, 3.05) is 26.7 Å². The van der Waals surface area contributed by atoms with Crippen LogP contribution in [0.1, 0.15) is 38.0 Å². The molecular weight excluding hydrogens is 280 g/mol. The Morgan fingerprint density at radius 1 is 1.50 bits per heavy atom. The van der Waals surface area contributed by atoms with E-state index in [0.717, 1.165) is 19.5 Å². The van der Waals surface area contributed by atoms with Crippen LogP contribution in [-0.2, 0) is 10.2 Å². The van der Waals surface area contributed by atoms with Crippen LogP contribution in [0.3, 0.4) is 0 Å². The minimum atomic E-state index is -3.53. The van der Waals surface area contributed by atoms with Gasteiger partial charge in [0.05, 0.1) is 12.2 Å². The zero-order valence-corrected chi connectivity index (χ0v) is 13.3. The number of aryl methyl sites for hydroxylation is 1. The second kappa shape index (κ2) is 7.72. The van der Waals surface area contributed by atoms with Crippen molar-refractivity contribution >= 4 is 10.2 Å². The molecular formula is C12H24N4O3S. The van der Waals surface area contributed by atoms with Crippen LogP contribution in [0.25, 0.3) is 0 Å². The minimum Gasteiger partial charge on any atom is -0.444 e. The predicted molar refractivity (Wildman–Crippen MR) is 77.5 cm³/mol. The minimum absolute atomic E-state index is 0.368. The highest BCUT2D eigenvalue weighted by molar-refractivity contribution is 7.87. The monoisotopic (exact) mass is 304 g/mol. The van der Waals surface area contributed by atoms with Gasteiger partial charge < -0.3 is 9.73 Å².